The lowest BCUT2D eigenvalue weighted by Crippen LogP contribution is -2.40. The van der Waals surface area contributed by atoms with Crippen molar-refractivity contribution in [2.75, 3.05) is 24.9 Å². The minimum Gasteiger partial charge on any atom is -0.501 e. The lowest BCUT2D eigenvalue weighted by atomic mass is 9.87. The molecule has 2 aliphatic carbocycles. The largest absolute Gasteiger partial charge is 0.501 e. The number of benzene rings is 2. The molecule has 4 rings (SSSR count). The molecule has 0 saturated heterocycles. The third kappa shape index (κ3) is 9.47. The number of methoxy groups -OCH3 is 1. The minimum absolute atomic E-state index is 0.0200. The van der Waals surface area contributed by atoms with Gasteiger partial charge in [-0.25, -0.2) is 17.9 Å². The molecule has 2 atom stereocenters. The number of carbonyl (C=O) groups excluding carboxylic acids is 2. The number of ether oxygens (including phenoxy) is 4. The first kappa shape index (κ1) is 36.7. The second-order valence-electron chi connectivity index (χ2n) is 11.2. The van der Waals surface area contributed by atoms with Crippen LogP contribution >= 0.6 is 34.2 Å². The van der Waals surface area contributed by atoms with E-state index < -0.39 is 27.5 Å². The van der Waals surface area contributed by atoms with Gasteiger partial charge in [0.15, 0.2) is 0 Å². The van der Waals surface area contributed by atoms with Gasteiger partial charge in [0.1, 0.15) is 16.4 Å². The van der Waals surface area contributed by atoms with Gasteiger partial charge in [-0.3, -0.25) is 4.79 Å². The Morgan fingerprint density at radius 2 is 1.83 bits per heavy atom. The molecule has 1 amide bonds. The molecule has 47 heavy (non-hydrogen) atoms. The van der Waals surface area contributed by atoms with Gasteiger partial charge in [0.2, 0.25) is 15.9 Å². The number of halogens is 2. The van der Waals surface area contributed by atoms with Crippen LogP contribution in [-0.2, 0) is 35.4 Å². The molecule has 10 nitrogen and oxygen atoms in total. The Balaban J connectivity index is 1.66. The first-order valence-electron chi connectivity index (χ1n) is 15.0. The average molecular weight is 797 g/mol. The van der Waals surface area contributed by atoms with Gasteiger partial charge in [-0.2, -0.15) is 0 Å². The summed E-state index contributed by atoms with van der Waals surface area (Å²) >= 11 is 8.36. The van der Waals surface area contributed by atoms with Crippen LogP contribution in [0.4, 0.5) is 0 Å². The Bertz CT molecular complexity index is 1720. The third-order valence-electron chi connectivity index (χ3n) is 7.76. The van der Waals surface area contributed by atoms with Crippen LogP contribution in [0.1, 0.15) is 49.5 Å². The summed E-state index contributed by atoms with van der Waals surface area (Å²) in [5.41, 5.74) is 1.34. The molecule has 2 unspecified atom stereocenters. The van der Waals surface area contributed by atoms with Gasteiger partial charge in [0.05, 0.1) is 41.7 Å². The van der Waals surface area contributed by atoms with Crippen molar-refractivity contribution in [1.82, 2.24) is 10.0 Å². The fraction of sp³-hybridized carbons (Fsp3) is 0.353. The number of hydrogen-bond donors (Lipinski definition) is 2. The van der Waals surface area contributed by atoms with Crippen molar-refractivity contribution in [3.8, 4) is 5.75 Å². The van der Waals surface area contributed by atoms with Gasteiger partial charge in [-0.1, -0.05) is 65.4 Å². The zero-order valence-corrected chi connectivity index (χ0v) is 30.3. The number of alkyl halides is 1. The highest BCUT2D eigenvalue weighted by Gasteiger charge is 2.36. The van der Waals surface area contributed by atoms with Gasteiger partial charge in [-0.15, -0.1) is 0 Å². The number of allylic oxidation sites excluding steroid dienone is 5. The lowest BCUT2D eigenvalue weighted by Gasteiger charge is -2.35. The first-order chi connectivity index (χ1) is 22.4. The van der Waals surface area contributed by atoms with E-state index >= 15 is 0 Å². The van der Waals surface area contributed by atoms with Crippen molar-refractivity contribution in [1.29, 1.82) is 0 Å². The topological polar surface area (TPSA) is 129 Å². The minimum atomic E-state index is -4.20. The predicted molar refractivity (Wildman–Crippen MR) is 188 cm³/mol. The number of esters is 1. The molecular weight excluding hydrogens is 759 g/mol. The Kier molecular flexibility index (Phi) is 12.7. The molecule has 0 spiro atoms. The molecular formula is C34H38ClIN2O8S. The molecule has 13 heteroatoms. The van der Waals surface area contributed by atoms with E-state index in [0.29, 0.717) is 45.1 Å². The molecule has 0 saturated carbocycles. The quantitative estimate of drug-likeness (QED) is 0.129. The van der Waals surface area contributed by atoms with Crippen LogP contribution < -0.4 is 14.8 Å². The van der Waals surface area contributed by atoms with E-state index in [4.69, 9.17) is 30.5 Å². The highest BCUT2D eigenvalue weighted by Crippen LogP contribution is 2.36. The summed E-state index contributed by atoms with van der Waals surface area (Å²) in [4.78, 5) is 25.0. The summed E-state index contributed by atoms with van der Waals surface area (Å²) in [5, 5.41) is 3.33. The summed E-state index contributed by atoms with van der Waals surface area (Å²) in [6.45, 7) is 5.63. The number of hydrogen-bond acceptors (Lipinski definition) is 8. The Hall–Kier alpha value is -3.17. The van der Waals surface area contributed by atoms with Crippen molar-refractivity contribution in [3.63, 3.8) is 0 Å². The van der Waals surface area contributed by atoms with E-state index in [2.05, 4.69) is 32.6 Å². The van der Waals surface area contributed by atoms with Crippen molar-refractivity contribution in [3.05, 3.63) is 111 Å². The molecule has 2 aliphatic rings. The standard InChI is InChI=1S/C34H38ClIN2O8S/c1-5-44-33(40)23-10-13-27(14-11-23)46-32-22(2)16-26(38-31(39)17-24-8-6-7-9-29(24)35)18-30(32)47(41,42)37-20-25-12-15-28(43-4)19-34(25,3)45-21-36/h6-15,18,22,37H,5,16-17,19-21H2,1-4H3,(H,38,39). The normalized spacial score (nSPS) is 19.7. The van der Waals surface area contributed by atoms with E-state index in [1.165, 1.54) is 6.08 Å². The van der Waals surface area contributed by atoms with Gasteiger partial charge in [-0.05, 0) is 73.9 Å². The first-order valence-corrected chi connectivity index (χ1v) is 18.3. The maximum absolute atomic E-state index is 14.1. The molecule has 2 N–H and O–H groups in total. The fourth-order valence-corrected chi connectivity index (χ4v) is 7.41. The van der Waals surface area contributed by atoms with E-state index in [0.717, 1.165) is 11.3 Å². The predicted octanol–water partition coefficient (Wildman–Crippen LogP) is 6.34. The van der Waals surface area contributed by atoms with Crippen LogP contribution in [0.15, 0.2) is 94.5 Å². The van der Waals surface area contributed by atoms with E-state index in [1.54, 1.807) is 74.7 Å². The molecule has 0 aromatic heterocycles. The Labute approximate surface area is 294 Å². The van der Waals surface area contributed by atoms with Gasteiger partial charge < -0.3 is 24.3 Å². The van der Waals surface area contributed by atoms with Crippen molar-refractivity contribution in [2.45, 2.75) is 45.6 Å². The highest BCUT2D eigenvalue weighted by atomic mass is 127. The van der Waals surface area contributed by atoms with Crippen LogP contribution in [0, 0.1) is 5.92 Å². The maximum Gasteiger partial charge on any atom is 0.338 e. The number of amides is 1. The summed E-state index contributed by atoms with van der Waals surface area (Å²) in [6.07, 6.45) is 5.79. The molecule has 0 fully saturated rings. The summed E-state index contributed by atoms with van der Waals surface area (Å²) < 4.78 is 53.9. The van der Waals surface area contributed by atoms with Crippen LogP contribution in [-0.4, -0.2) is 50.8 Å². The van der Waals surface area contributed by atoms with Gasteiger partial charge in [0, 0.05) is 29.6 Å². The fourth-order valence-electron chi connectivity index (χ4n) is 5.22. The van der Waals surface area contributed by atoms with Crippen molar-refractivity contribution in [2.24, 2.45) is 5.92 Å². The molecule has 0 bridgehead atoms. The second-order valence-corrected chi connectivity index (χ2v) is 13.9. The molecule has 2 aromatic rings. The Morgan fingerprint density at radius 1 is 1.11 bits per heavy atom. The van der Waals surface area contributed by atoms with Gasteiger partial charge in [0.25, 0.3) is 0 Å². The van der Waals surface area contributed by atoms with Gasteiger partial charge >= 0.3 is 5.97 Å². The highest BCUT2D eigenvalue weighted by molar-refractivity contribution is 14.1. The van der Waals surface area contributed by atoms with E-state index in [9.17, 15) is 18.0 Å². The number of rotatable bonds is 14. The molecule has 2 aromatic carbocycles. The molecule has 0 aliphatic heterocycles. The van der Waals surface area contributed by atoms with Crippen LogP contribution in [0.5, 0.6) is 5.75 Å². The zero-order valence-electron chi connectivity index (χ0n) is 26.6. The summed E-state index contributed by atoms with van der Waals surface area (Å²) in [5.74, 6) is -0.00328. The number of nitrogens with one attached hydrogen (secondary N) is 2. The maximum atomic E-state index is 14.1. The van der Waals surface area contributed by atoms with E-state index in [-0.39, 0.29) is 36.1 Å². The third-order valence-corrected chi connectivity index (χ3v) is 9.87. The number of sulfonamides is 1. The average Bonchev–Trinajstić information content (AvgIpc) is 3.03. The molecule has 0 heterocycles. The second kappa shape index (κ2) is 16.3. The summed E-state index contributed by atoms with van der Waals surface area (Å²) in [7, 11) is -2.62. The van der Waals surface area contributed by atoms with Crippen LogP contribution in [0.2, 0.25) is 5.02 Å². The van der Waals surface area contributed by atoms with Crippen LogP contribution in [0.3, 0.4) is 0 Å². The smallest absolute Gasteiger partial charge is 0.338 e. The van der Waals surface area contributed by atoms with Crippen molar-refractivity contribution >= 4 is 56.1 Å². The van der Waals surface area contributed by atoms with Crippen molar-refractivity contribution < 1.29 is 37.0 Å². The monoisotopic (exact) mass is 796 g/mol. The zero-order chi connectivity index (χ0) is 34.2. The molecule has 0 radical (unpaired) electrons. The SMILES string of the molecule is CCOC(=O)c1ccc(OC2=C(S(=O)(=O)NCC3=CC=C(OC)CC3(C)OCI)C=C(NC(=O)Cc3ccccc3Cl)CC2C)cc1. The van der Waals surface area contributed by atoms with E-state index in [1.807, 2.05) is 13.8 Å². The lowest BCUT2D eigenvalue weighted by molar-refractivity contribution is -0.119. The van der Waals surface area contributed by atoms with Crippen LogP contribution in [0.25, 0.3) is 0 Å². The number of carbonyl (C=O) groups is 2. The summed E-state index contributed by atoms with van der Waals surface area (Å²) in [6, 6.07) is 13.3. The molecule has 252 valence electrons. The Morgan fingerprint density at radius 3 is 2.49 bits per heavy atom.